The minimum absolute atomic E-state index is 0.436. The van der Waals surface area contributed by atoms with Gasteiger partial charge in [-0.25, -0.2) is 4.98 Å². The molecule has 0 unspecified atom stereocenters. The number of rotatable bonds is 6. The third-order valence-corrected chi connectivity index (χ3v) is 3.38. The summed E-state index contributed by atoms with van der Waals surface area (Å²) in [5.74, 6) is 2.74. The molecule has 0 bridgehead atoms. The smallest absolute Gasteiger partial charge is 0.128 e. The van der Waals surface area contributed by atoms with Gasteiger partial charge in [-0.05, 0) is 36.0 Å². The fraction of sp³-hybridized carbons (Fsp3) is 0.667. The van der Waals surface area contributed by atoms with E-state index in [2.05, 4.69) is 51.8 Å². The molecule has 0 aliphatic carbocycles. The Morgan fingerprint density at radius 3 is 2.39 bits per heavy atom. The second-order valence-electron chi connectivity index (χ2n) is 5.65. The van der Waals surface area contributed by atoms with E-state index in [9.17, 15) is 0 Å². The van der Waals surface area contributed by atoms with Crippen molar-refractivity contribution in [2.45, 2.75) is 45.9 Å². The van der Waals surface area contributed by atoms with E-state index in [0.29, 0.717) is 17.7 Å². The van der Waals surface area contributed by atoms with Gasteiger partial charge < -0.3 is 4.90 Å². The first-order chi connectivity index (χ1) is 8.43. The Bertz CT molecular complexity index is 375. The molecule has 102 valence electrons. The van der Waals surface area contributed by atoms with Crippen LogP contribution in [0.2, 0.25) is 0 Å². The van der Waals surface area contributed by atoms with Crippen LogP contribution in [0, 0.1) is 5.92 Å². The van der Waals surface area contributed by atoms with Crippen molar-refractivity contribution >= 4 is 17.4 Å². The molecule has 0 aliphatic rings. The number of pyridine rings is 1. The van der Waals surface area contributed by atoms with Crippen LogP contribution >= 0.6 is 11.6 Å². The van der Waals surface area contributed by atoms with Crippen LogP contribution in [0.5, 0.6) is 0 Å². The van der Waals surface area contributed by atoms with E-state index in [1.165, 1.54) is 6.42 Å². The average molecular weight is 269 g/mol. The van der Waals surface area contributed by atoms with Crippen LogP contribution in [0.3, 0.4) is 0 Å². The molecule has 0 atom stereocenters. The normalized spacial score (nSPS) is 11.3. The maximum Gasteiger partial charge on any atom is 0.128 e. The standard InChI is InChI=1S/C15H25ClN2/c1-11(2)6-7-18(5)15-9-13(10-16)8-14(17-15)12(3)4/h8-9,11-12H,6-7,10H2,1-5H3. The second-order valence-corrected chi connectivity index (χ2v) is 5.92. The van der Waals surface area contributed by atoms with Gasteiger partial charge >= 0.3 is 0 Å². The summed E-state index contributed by atoms with van der Waals surface area (Å²) in [6.45, 7) is 9.86. The molecular weight excluding hydrogens is 244 g/mol. The van der Waals surface area contributed by atoms with Crippen molar-refractivity contribution in [1.29, 1.82) is 0 Å². The molecule has 1 aromatic rings. The van der Waals surface area contributed by atoms with Crippen molar-refractivity contribution in [2.24, 2.45) is 5.92 Å². The molecule has 18 heavy (non-hydrogen) atoms. The zero-order valence-corrected chi connectivity index (χ0v) is 13.0. The summed E-state index contributed by atoms with van der Waals surface area (Å²) < 4.78 is 0. The molecule has 2 nitrogen and oxygen atoms in total. The molecule has 3 heteroatoms. The quantitative estimate of drug-likeness (QED) is 0.710. The van der Waals surface area contributed by atoms with Gasteiger partial charge in [0.2, 0.25) is 0 Å². The highest BCUT2D eigenvalue weighted by atomic mass is 35.5. The van der Waals surface area contributed by atoms with Gasteiger partial charge in [0.15, 0.2) is 0 Å². The highest BCUT2D eigenvalue weighted by Gasteiger charge is 2.09. The maximum absolute atomic E-state index is 5.96. The third-order valence-electron chi connectivity index (χ3n) is 3.07. The second kappa shape index (κ2) is 6.98. The van der Waals surface area contributed by atoms with E-state index in [1.54, 1.807) is 0 Å². The average Bonchev–Trinajstić information content (AvgIpc) is 2.35. The molecule has 0 fully saturated rings. The number of hydrogen-bond donors (Lipinski definition) is 0. The predicted molar refractivity (Wildman–Crippen MR) is 80.6 cm³/mol. The van der Waals surface area contributed by atoms with E-state index in [-0.39, 0.29) is 0 Å². The molecule has 1 heterocycles. The number of anilines is 1. The lowest BCUT2D eigenvalue weighted by atomic mass is 10.1. The molecule has 0 N–H and O–H groups in total. The summed E-state index contributed by atoms with van der Waals surface area (Å²) in [4.78, 5) is 6.95. The van der Waals surface area contributed by atoms with Crippen LogP contribution in [0.1, 0.15) is 51.3 Å². The van der Waals surface area contributed by atoms with Gasteiger partial charge in [0.05, 0.1) is 0 Å². The summed E-state index contributed by atoms with van der Waals surface area (Å²) in [6, 6.07) is 4.21. The zero-order chi connectivity index (χ0) is 13.7. The first-order valence-corrected chi connectivity index (χ1v) is 7.25. The largest absolute Gasteiger partial charge is 0.360 e. The van der Waals surface area contributed by atoms with Gasteiger partial charge in [-0.15, -0.1) is 11.6 Å². The monoisotopic (exact) mass is 268 g/mol. The topological polar surface area (TPSA) is 16.1 Å². The van der Waals surface area contributed by atoms with Crippen molar-refractivity contribution in [2.75, 3.05) is 18.5 Å². The number of alkyl halides is 1. The first kappa shape index (κ1) is 15.3. The number of hydrogen-bond acceptors (Lipinski definition) is 2. The Labute approximate surface area is 116 Å². The molecule has 1 aromatic heterocycles. The summed E-state index contributed by atoms with van der Waals surface area (Å²) in [6.07, 6.45) is 1.18. The Morgan fingerprint density at radius 2 is 1.89 bits per heavy atom. The van der Waals surface area contributed by atoms with Gasteiger partial charge in [-0.3, -0.25) is 0 Å². The Morgan fingerprint density at radius 1 is 1.22 bits per heavy atom. The number of aromatic nitrogens is 1. The van der Waals surface area contributed by atoms with Crippen molar-refractivity contribution in [3.8, 4) is 0 Å². The summed E-state index contributed by atoms with van der Waals surface area (Å²) in [5, 5.41) is 0. The van der Waals surface area contributed by atoms with Crippen molar-refractivity contribution < 1.29 is 0 Å². The van der Waals surface area contributed by atoms with Crippen LogP contribution in [0.4, 0.5) is 5.82 Å². The van der Waals surface area contributed by atoms with Gasteiger partial charge in [-0.2, -0.15) is 0 Å². The van der Waals surface area contributed by atoms with E-state index in [0.717, 1.165) is 23.6 Å². The number of nitrogens with zero attached hydrogens (tertiary/aromatic N) is 2. The zero-order valence-electron chi connectivity index (χ0n) is 12.2. The lowest BCUT2D eigenvalue weighted by Gasteiger charge is -2.21. The molecular formula is C15H25ClN2. The summed E-state index contributed by atoms with van der Waals surface area (Å²) >= 11 is 5.96. The minimum Gasteiger partial charge on any atom is -0.360 e. The van der Waals surface area contributed by atoms with E-state index in [4.69, 9.17) is 16.6 Å². The van der Waals surface area contributed by atoms with E-state index in [1.807, 2.05) is 0 Å². The van der Waals surface area contributed by atoms with Gasteiger partial charge in [-0.1, -0.05) is 27.7 Å². The molecule has 0 saturated carbocycles. The maximum atomic E-state index is 5.96. The van der Waals surface area contributed by atoms with E-state index < -0.39 is 0 Å². The van der Waals surface area contributed by atoms with Crippen LogP contribution in [-0.4, -0.2) is 18.6 Å². The molecule has 0 aliphatic heterocycles. The Kier molecular flexibility index (Phi) is 5.94. The van der Waals surface area contributed by atoms with Crippen LogP contribution in [-0.2, 0) is 5.88 Å². The predicted octanol–water partition coefficient (Wildman–Crippen LogP) is 4.43. The molecule has 0 amide bonds. The van der Waals surface area contributed by atoms with Crippen molar-refractivity contribution in [1.82, 2.24) is 4.98 Å². The first-order valence-electron chi connectivity index (χ1n) is 6.72. The van der Waals surface area contributed by atoms with Crippen molar-refractivity contribution in [3.05, 3.63) is 23.4 Å². The van der Waals surface area contributed by atoms with Gasteiger partial charge in [0.1, 0.15) is 5.82 Å². The Hall–Kier alpha value is -0.760. The number of halogens is 1. The fourth-order valence-electron chi connectivity index (χ4n) is 1.73. The Balaban J connectivity index is 2.89. The minimum atomic E-state index is 0.436. The van der Waals surface area contributed by atoms with Crippen LogP contribution in [0.15, 0.2) is 12.1 Å². The fourth-order valence-corrected chi connectivity index (χ4v) is 1.88. The van der Waals surface area contributed by atoms with Crippen LogP contribution < -0.4 is 4.90 Å². The molecule has 0 radical (unpaired) electrons. The highest BCUT2D eigenvalue weighted by Crippen LogP contribution is 2.21. The molecule has 0 aromatic carbocycles. The molecule has 0 spiro atoms. The van der Waals surface area contributed by atoms with E-state index >= 15 is 0 Å². The third kappa shape index (κ3) is 4.49. The highest BCUT2D eigenvalue weighted by molar-refractivity contribution is 6.17. The molecule has 0 saturated heterocycles. The van der Waals surface area contributed by atoms with Gasteiger partial charge in [0.25, 0.3) is 0 Å². The lowest BCUT2D eigenvalue weighted by molar-refractivity contribution is 0.583. The van der Waals surface area contributed by atoms with Gasteiger partial charge in [0, 0.05) is 25.2 Å². The summed E-state index contributed by atoms with van der Waals surface area (Å²) in [5.41, 5.74) is 2.28. The summed E-state index contributed by atoms with van der Waals surface area (Å²) in [7, 11) is 2.10. The SMILES string of the molecule is CC(C)CCN(C)c1cc(CCl)cc(C(C)C)n1. The van der Waals surface area contributed by atoms with Crippen molar-refractivity contribution in [3.63, 3.8) is 0 Å². The van der Waals surface area contributed by atoms with Crippen LogP contribution in [0.25, 0.3) is 0 Å². The molecule has 1 rings (SSSR count). The lowest BCUT2D eigenvalue weighted by Crippen LogP contribution is -2.21.